The van der Waals surface area contributed by atoms with Gasteiger partial charge in [-0.25, -0.2) is 13.8 Å². The lowest BCUT2D eigenvalue weighted by Crippen LogP contribution is -2.39. The Labute approximate surface area is 199 Å². The third kappa shape index (κ3) is 6.28. The van der Waals surface area contributed by atoms with Crippen LogP contribution in [0.2, 0.25) is 10.0 Å². The van der Waals surface area contributed by atoms with Crippen molar-refractivity contribution in [3.63, 3.8) is 0 Å². The zero-order chi connectivity index (χ0) is 24.0. The number of carbonyl (C=O) groups is 1. The molecule has 0 radical (unpaired) electrons. The van der Waals surface area contributed by atoms with Gasteiger partial charge in [-0.3, -0.25) is 19.2 Å². The SMILES string of the molecule is O=C(CN(c1cccc(Cl)c1)S(=O)(=O)c1ccc(Cl)cc1)N/N=C\c1cccc([N+](=O)[O-])c1. The van der Waals surface area contributed by atoms with Gasteiger partial charge in [-0.05, 0) is 42.5 Å². The number of hydrogen-bond acceptors (Lipinski definition) is 6. The molecule has 3 rings (SSSR count). The Hall–Kier alpha value is -3.47. The van der Waals surface area contributed by atoms with Gasteiger partial charge in [0.1, 0.15) is 6.54 Å². The van der Waals surface area contributed by atoms with Crippen LogP contribution in [0.25, 0.3) is 0 Å². The number of rotatable bonds is 8. The molecule has 0 fully saturated rings. The van der Waals surface area contributed by atoms with Crippen molar-refractivity contribution in [1.29, 1.82) is 0 Å². The van der Waals surface area contributed by atoms with Crippen molar-refractivity contribution in [1.82, 2.24) is 5.43 Å². The highest BCUT2D eigenvalue weighted by Gasteiger charge is 2.27. The topological polar surface area (TPSA) is 122 Å². The van der Waals surface area contributed by atoms with Crippen LogP contribution >= 0.6 is 23.2 Å². The molecule has 12 heteroatoms. The normalized spacial score (nSPS) is 11.3. The Balaban J connectivity index is 1.83. The van der Waals surface area contributed by atoms with Crippen molar-refractivity contribution in [3.8, 4) is 0 Å². The number of carbonyl (C=O) groups excluding carboxylic acids is 1. The second-order valence-corrected chi connectivity index (χ2v) is 9.33. The summed E-state index contributed by atoms with van der Waals surface area (Å²) in [5.74, 6) is -0.741. The second kappa shape index (κ2) is 10.4. The fourth-order valence-electron chi connectivity index (χ4n) is 2.74. The zero-order valence-electron chi connectivity index (χ0n) is 16.8. The molecule has 0 bridgehead atoms. The quantitative estimate of drug-likeness (QED) is 0.278. The van der Waals surface area contributed by atoms with Crippen molar-refractivity contribution in [2.24, 2.45) is 5.10 Å². The molecule has 0 aromatic heterocycles. The molecule has 170 valence electrons. The van der Waals surface area contributed by atoms with Crippen molar-refractivity contribution < 1.29 is 18.1 Å². The molecule has 0 aliphatic rings. The minimum absolute atomic E-state index is 0.0697. The molecular formula is C21H16Cl2N4O5S. The summed E-state index contributed by atoms with van der Waals surface area (Å²) < 4.78 is 27.4. The van der Waals surface area contributed by atoms with E-state index in [0.717, 1.165) is 4.31 Å². The summed E-state index contributed by atoms with van der Waals surface area (Å²) in [6.07, 6.45) is 1.21. The number of nitrogens with one attached hydrogen (secondary N) is 1. The highest BCUT2D eigenvalue weighted by atomic mass is 35.5. The monoisotopic (exact) mass is 506 g/mol. The van der Waals surface area contributed by atoms with Gasteiger partial charge < -0.3 is 0 Å². The molecule has 0 atom stereocenters. The van der Waals surface area contributed by atoms with Crippen LogP contribution in [0, 0.1) is 10.1 Å². The van der Waals surface area contributed by atoms with Gasteiger partial charge in [0.15, 0.2) is 0 Å². The summed E-state index contributed by atoms with van der Waals surface area (Å²) in [5, 5.41) is 15.3. The number of non-ortho nitro benzene ring substituents is 1. The van der Waals surface area contributed by atoms with E-state index in [1.165, 1.54) is 60.8 Å². The van der Waals surface area contributed by atoms with Crippen molar-refractivity contribution >= 4 is 56.7 Å². The van der Waals surface area contributed by atoms with E-state index in [-0.39, 0.29) is 21.3 Å². The van der Waals surface area contributed by atoms with Crippen LogP contribution in [-0.4, -0.2) is 32.0 Å². The summed E-state index contributed by atoms with van der Waals surface area (Å²) in [6, 6.07) is 17.2. The molecule has 1 N–H and O–H groups in total. The standard InChI is InChI=1S/C21H16Cl2N4O5S/c22-16-7-9-20(10-8-16)33(31,32)26(18-5-2-4-17(23)12-18)14-21(28)25-24-13-15-3-1-6-19(11-15)27(29)30/h1-13H,14H2,(H,25,28)/b24-13-. The molecule has 0 saturated carbocycles. The summed E-state index contributed by atoms with van der Waals surface area (Å²) in [4.78, 5) is 22.7. The third-order valence-electron chi connectivity index (χ3n) is 4.27. The number of nitro benzene ring substituents is 1. The van der Waals surface area contributed by atoms with Gasteiger partial charge in [0.2, 0.25) is 0 Å². The maximum atomic E-state index is 13.2. The first-order valence-corrected chi connectivity index (χ1v) is 11.5. The molecule has 0 aliphatic carbocycles. The van der Waals surface area contributed by atoms with Gasteiger partial charge in [-0.15, -0.1) is 0 Å². The minimum atomic E-state index is -4.15. The van der Waals surface area contributed by atoms with Crippen LogP contribution in [-0.2, 0) is 14.8 Å². The number of hydrogen-bond donors (Lipinski definition) is 1. The molecule has 1 amide bonds. The zero-order valence-corrected chi connectivity index (χ0v) is 19.1. The number of amides is 1. The van der Waals surface area contributed by atoms with Gasteiger partial charge in [-0.1, -0.05) is 41.4 Å². The van der Waals surface area contributed by atoms with E-state index < -0.39 is 27.4 Å². The lowest BCUT2D eigenvalue weighted by Gasteiger charge is -2.23. The van der Waals surface area contributed by atoms with Crippen molar-refractivity contribution in [2.75, 3.05) is 10.8 Å². The molecule has 0 spiro atoms. The first kappa shape index (κ1) is 24.2. The Kier molecular flexibility index (Phi) is 7.64. The molecule has 0 aliphatic heterocycles. The molecular weight excluding hydrogens is 491 g/mol. The van der Waals surface area contributed by atoms with E-state index in [4.69, 9.17) is 23.2 Å². The molecule has 0 unspecified atom stereocenters. The van der Waals surface area contributed by atoms with E-state index >= 15 is 0 Å². The average Bonchev–Trinajstić information content (AvgIpc) is 2.78. The maximum absolute atomic E-state index is 13.2. The van der Waals surface area contributed by atoms with Gasteiger partial charge >= 0.3 is 0 Å². The van der Waals surface area contributed by atoms with E-state index in [1.54, 1.807) is 18.2 Å². The second-order valence-electron chi connectivity index (χ2n) is 6.59. The van der Waals surface area contributed by atoms with E-state index in [9.17, 15) is 23.3 Å². The molecule has 3 aromatic rings. The van der Waals surface area contributed by atoms with Crippen LogP contribution in [0.15, 0.2) is 82.8 Å². The summed E-state index contributed by atoms with van der Waals surface area (Å²) in [7, 11) is -4.15. The fourth-order valence-corrected chi connectivity index (χ4v) is 4.47. The number of anilines is 1. The lowest BCUT2D eigenvalue weighted by atomic mass is 10.2. The highest BCUT2D eigenvalue weighted by Crippen LogP contribution is 2.26. The fraction of sp³-hybridized carbons (Fsp3) is 0.0476. The van der Waals surface area contributed by atoms with Gasteiger partial charge in [-0.2, -0.15) is 5.10 Å². The Morgan fingerprint density at radius 2 is 1.73 bits per heavy atom. The third-order valence-corrected chi connectivity index (χ3v) is 6.54. The van der Waals surface area contributed by atoms with Crippen LogP contribution in [0.5, 0.6) is 0 Å². The maximum Gasteiger partial charge on any atom is 0.270 e. The predicted octanol–water partition coefficient (Wildman–Crippen LogP) is 4.25. The van der Waals surface area contributed by atoms with Crippen LogP contribution in [0.4, 0.5) is 11.4 Å². The number of sulfonamides is 1. The number of nitrogens with zero attached hydrogens (tertiary/aromatic N) is 3. The molecule has 3 aromatic carbocycles. The number of halogens is 2. The molecule has 0 heterocycles. The largest absolute Gasteiger partial charge is 0.271 e. The lowest BCUT2D eigenvalue weighted by molar-refractivity contribution is -0.384. The van der Waals surface area contributed by atoms with Crippen LogP contribution in [0.3, 0.4) is 0 Å². The number of hydrazone groups is 1. The summed E-state index contributed by atoms with van der Waals surface area (Å²) in [6.45, 7) is -0.600. The number of nitro groups is 1. The summed E-state index contributed by atoms with van der Waals surface area (Å²) >= 11 is 11.9. The first-order chi connectivity index (χ1) is 15.7. The summed E-state index contributed by atoms with van der Waals surface area (Å²) in [5.41, 5.74) is 2.65. The Morgan fingerprint density at radius 3 is 2.39 bits per heavy atom. The smallest absolute Gasteiger partial charge is 0.270 e. The predicted molar refractivity (Wildman–Crippen MR) is 126 cm³/mol. The van der Waals surface area contributed by atoms with Gasteiger partial charge in [0, 0.05) is 27.7 Å². The van der Waals surface area contributed by atoms with Crippen LogP contribution < -0.4 is 9.73 Å². The van der Waals surface area contributed by atoms with E-state index in [1.807, 2.05) is 0 Å². The minimum Gasteiger partial charge on any atom is -0.271 e. The van der Waals surface area contributed by atoms with E-state index in [2.05, 4.69) is 10.5 Å². The van der Waals surface area contributed by atoms with Crippen molar-refractivity contribution in [2.45, 2.75) is 4.90 Å². The van der Waals surface area contributed by atoms with Crippen molar-refractivity contribution in [3.05, 3.63) is 98.5 Å². The van der Waals surface area contributed by atoms with E-state index in [0.29, 0.717) is 10.6 Å². The molecule has 9 nitrogen and oxygen atoms in total. The molecule has 0 saturated heterocycles. The Morgan fingerprint density at radius 1 is 1.03 bits per heavy atom. The van der Waals surface area contributed by atoms with Crippen LogP contribution in [0.1, 0.15) is 5.56 Å². The highest BCUT2D eigenvalue weighted by molar-refractivity contribution is 7.92. The Bertz CT molecular complexity index is 1310. The average molecular weight is 507 g/mol. The first-order valence-electron chi connectivity index (χ1n) is 9.27. The van der Waals surface area contributed by atoms with Gasteiger partial charge in [0.25, 0.3) is 21.6 Å². The number of benzene rings is 3. The molecule has 33 heavy (non-hydrogen) atoms. The van der Waals surface area contributed by atoms with Gasteiger partial charge in [0.05, 0.1) is 21.7 Å².